The molecule has 0 aliphatic heterocycles. The normalized spacial score (nSPS) is 22.1. The molecule has 0 aromatic rings. The highest BCUT2D eigenvalue weighted by Gasteiger charge is 2.36. The first-order chi connectivity index (χ1) is 8.60. The summed E-state index contributed by atoms with van der Waals surface area (Å²) >= 11 is 0. The zero-order valence-electron chi connectivity index (χ0n) is 11.2. The molecule has 0 aromatic heterocycles. The lowest BCUT2D eigenvalue weighted by Gasteiger charge is -2.22. The Morgan fingerprint density at radius 3 is 2.72 bits per heavy atom. The number of methoxy groups -OCH3 is 1. The molecule has 0 radical (unpaired) electrons. The van der Waals surface area contributed by atoms with Gasteiger partial charge in [-0.05, 0) is 25.2 Å². The lowest BCUT2D eigenvalue weighted by molar-refractivity contribution is -0.152. The number of ketones is 2. The first kappa shape index (κ1) is 14.9. The molecule has 1 unspecified atom stereocenters. The van der Waals surface area contributed by atoms with Gasteiger partial charge in [0.2, 0.25) is 0 Å². The smallest absolute Gasteiger partial charge is 0.316 e. The fourth-order valence-electron chi connectivity index (χ4n) is 2.63. The average molecular weight is 254 g/mol. The van der Waals surface area contributed by atoms with Crippen LogP contribution in [0.15, 0.2) is 0 Å². The zero-order chi connectivity index (χ0) is 13.5. The molecule has 4 heteroatoms. The summed E-state index contributed by atoms with van der Waals surface area (Å²) in [6, 6.07) is 0. The van der Waals surface area contributed by atoms with Gasteiger partial charge in [-0.15, -0.1) is 0 Å². The first-order valence-corrected chi connectivity index (χ1v) is 6.72. The van der Waals surface area contributed by atoms with Gasteiger partial charge < -0.3 is 4.74 Å². The number of esters is 1. The zero-order valence-corrected chi connectivity index (χ0v) is 11.2. The van der Waals surface area contributed by atoms with Crippen LogP contribution in [0, 0.1) is 11.8 Å². The first-order valence-electron chi connectivity index (χ1n) is 6.72. The van der Waals surface area contributed by atoms with Crippen molar-refractivity contribution in [1.29, 1.82) is 0 Å². The Morgan fingerprint density at radius 1 is 1.39 bits per heavy atom. The van der Waals surface area contributed by atoms with Crippen LogP contribution in [0.25, 0.3) is 0 Å². The van der Waals surface area contributed by atoms with Crippen LogP contribution in [0.3, 0.4) is 0 Å². The third-order valence-electron chi connectivity index (χ3n) is 3.54. The van der Waals surface area contributed by atoms with E-state index in [-0.39, 0.29) is 17.5 Å². The van der Waals surface area contributed by atoms with Crippen molar-refractivity contribution in [3.05, 3.63) is 0 Å². The van der Waals surface area contributed by atoms with Crippen molar-refractivity contribution < 1.29 is 19.1 Å². The van der Waals surface area contributed by atoms with E-state index < -0.39 is 11.9 Å². The quantitative estimate of drug-likeness (QED) is 0.429. The molecule has 1 aliphatic rings. The average Bonchev–Trinajstić information content (AvgIpc) is 2.54. The minimum atomic E-state index is -0.739. The van der Waals surface area contributed by atoms with Gasteiger partial charge in [-0.25, -0.2) is 0 Å². The van der Waals surface area contributed by atoms with Crippen LogP contribution in [0.2, 0.25) is 0 Å². The third kappa shape index (κ3) is 3.93. The standard InChI is InChI=1S/C14H22O4/c1-3-6-12(16)13(14(17)18-2)10-7-4-5-8-11(15)9-10/h10,13H,3-9H2,1-2H3/t10-,13?/m0/s1. The maximum absolute atomic E-state index is 12.0. The van der Waals surface area contributed by atoms with Gasteiger partial charge in [-0.2, -0.15) is 0 Å². The van der Waals surface area contributed by atoms with Gasteiger partial charge in [0, 0.05) is 19.3 Å². The van der Waals surface area contributed by atoms with Crippen LogP contribution in [0.4, 0.5) is 0 Å². The Bertz CT molecular complexity index is 322. The number of ether oxygens (including phenoxy) is 1. The van der Waals surface area contributed by atoms with E-state index in [4.69, 9.17) is 4.74 Å². The van der Waals surface area contributed by atoms with Gasteiger partial charge in [-0.1, -0.05) is 13.3 Å². The van der Waals surface area contributed by atoms with E-state index in [1.54, 1.807) is 0 Å². The van der Waals surface area contributed by atoms with E-state index in [0.29, 0.717) is 25.7 Å². The van der Waals surface area contributed by atoms with Gasteiger partial charge >= 0.3 is 5.97 Å². The SMILES string of the molecule is CCCC(=O)C(C(=O)OC)[C@H]1CCCCC(=O)C1. The Labute approximate surface area is 108 Å². The molecule has 1 rings (SSSR count). The summed E-state index contributed by atoms with van der Waals surface area (Å²) in [6.45, 7) is 1.91. The molecule has 0 spiro atoms. The van der Waals surface area contributed by atoms with Crippen molar-refractivity contribution >= 4 is 17.5 Å². The van der Waals surface area contributed by atoms with Gasteiger partial charge in [0.05, 0.1) is 7.11 Å². The van der Waals surface area contributed by atoms with Crippen LogP contribution in [-0.4, -0.2) is 24.6 Å². The predicted octanol–water partition coefficient (Wildman–Crippen LogP) is 2.29. The largest absolute Gasteiger partial charge is 0.468 e. The number of hydrogen-bond acceptors (Lipinski definition) is 4. The molecule has 1 fully saturated rings. The maximum Gasteiger partial charge on any atom is 0.316 e. The molecule has 0 bridgehead atoms. The number of carbonyl (C=O) groups excluding carboxylic acids is 3. The maximum atomic E-state index is 12.0. The van der Waals surface area contributed by atoms with Crippen molar-refractivity contribution in [2.75, 3.05) is 7.11 Å². The summed E-state index contributed by atoms with van der Waals surface area (Å²) in [5.74, 6) is -1.29. The summed E-state index contributed by atoms with van der Waals surface area (Å²) in [5.41, 5.74) is 0. The van der Waals surface area contributed by atoms with Gasteiger partial charge in [0.15, 0.2) is 0 Å². The molecule has 2 atom stereocenters. The molecule has 102 valence electrons. The molecule has 4 nitrogen and oxygen atoms in total. The molecular formula is C14H22O4. The summed E-state index contributed by atoms with van der Waals surface area (Å²) in [4.78, 5) is 35.5. The Balaban J connectivity index is 2.83. The summed E-state index contributed by atoms with van der Waals surface area (Å²) < 4.78 is 4.74. The van der Waals surface area contributed by atoms with Crippen LogP contribution >= 0.6 is 0 Å². The second kappa shape index (κ2) is 7.29. The highest BCUT2D eigenvalue weighted by Crippen LogP contribution is 2.29. The molecule has 1 aliphatic carbocycles. The van der Waals surface area contributed by atoms with E-state index in [1.807, 2.05) is 6.92 Å². The van der Waals surface area contributed by atoms with Crippen molar-refractivity contribution in [2.45, 2.75) is 51.9 Å². The lowest BCUT2D eigenvalue weighted by atomic mass is 9.82. The van der Waals surface area contributed by atoms with Crippen molar-refractivity contribution in [1.82, 2.24) is 0 Å². The molecule has 0 heterocycles. The molecule has 0 aromatic carbocycles. The second-order valence-corrected chi connectivity index (χ2v) is 4.97. The topological polar surface area (TPSA) is 60.4 Å². The monoisotopic (exact) mass is 254 g/mol. The Hall–Kier alpha value is -1.19. The van der Waals surface area contributed by atoms with Crippen molar-refractivity contribution in [3.8, 4) is 0 Å². The van der Waals surface area contributed by atoms with Crippen molar-refractivity contribution in [3.63, 3.8) is 0 Å². The highest BCUT2D eigenvalue weighted by atomic mass is 16.5. The van der Waals surface area contributed by atoms with Crippen LogP contribution in [-0.2, 0) is 19.1 Å². The van der Waals surface area contributed by atoms with Crippen LogP contribution < -0.4 is 0 Å². The van der Waals surface area contributed by atoms with E-state index in [9.17, 15) is 14.4 Å². The minimum Gasteiger partial charge on any atom is -0.468 e. The van der Waals surface area contributed by atoms with Gasteiger partial charge in [-0.3, -0.25) is 14.4 Å². The molecule has 18 heavy (non-hydrogen) atoms. The van der Waals surface area contributed by atoms with E-state index in [1.165, 1.54) is 7.11 Å². The van der Waals surface area contributed by atoms with E-state index >= 15 is 0 Å². The van der Waals surface area contributed by atoms with Gasteiger partial charge in [0.1, 0.15) is 17.5 Å². The van der Waals surface area contributed by atoms with Crippen LogP contribution in [0.1, 0.15) is 51.9 Å². The third-order valence-corrected chi connectivity index (χ3v) is 3.54. The van der Waals surface area contributed by atoms with Crippen molar-refractivity contribution in [2.24, 2.45) is 11.8 Å². The number of carbonyl (C=O) groups is 3. The molecule has 1 saturated carbocycles. The lowest BCUT2D eigenvalue weighted by Crippen LogP contribution is -2.33. The minimum absolute atomic E-state index is 0.0796. The number of hydrogen-bond donors (Lipinski definition) is 0. The number of Topliss-reactive ketones (excluding diaryl/α,β-unsaturated/α-hetero) is 2. The predicted molar refractivity (Wildman–Crippen MR) is 67.0 cm³/mol. The molecule has 0 amide bonds. The summed E-state index contributed by atoms with van der Waals surface area (Å²) in [6.07, 6.45) is 4.55. The Kier molecular flexibility index (Phi) is 6.02. The second-order valence-electron chi connectivity index (χ2n) is 4.97. The van der Waals surface area contributed by atoms with E-state index in [2.05, 4.69) is 0 Å². The Morgan fingerprint density at radius 2 is 2.11 bits per heavy atom. The molecular weight excluding hydrogens is 232 g/mol. The summed E-state index contributed by atoms with van der Waals surface area (Å²) in [5, 5.41) is 0. The fraction of sp³-hybridized carbons (Fsp3) is 0.786. The molecule has 0 saturated heterocycles. The van der Waals surface area contributed by atoms with Gasteiger partial charge in [0.25, 0.3) is 0 Å². The summed E-state index contributed by atoms with van der Waals surface area (Å²) in [7, 11) is 1.30. The highest BCUT2D eigenvalue weighted by molar-refractivity contribution is 5.99. The van der Waals surface area contributed by atoms with Crippen LogP contribution in [0.5, 0.6) is 0 Å². The number of rotatable bonds is 5. The van der Waals surface area contributed by atoms with E-state index in [0.717, 1.165) is 19.3 Å². The molecule has 0 N–H and O–H groups in total. The fourth-order valence-corrected chi connectivity index (χ4v) is 2.63.